The predicted octanol–water partition coefficient (Wildman–Crippen LogP) is 1.96. The Kier molecular flexibility index (Phi) is 5.11. The summed E-state index contributed by atoms with van der Waals surface area (Å²) in [5.74, 6) is 0.364. The van der Waals surface area contributed by atoms with E-state index < -0.39 is 0 Å². The van der Waals surface area contributed by atoms with Gasteiger partial charge in [0, 0.05) is 38.3 Å². The van der Waals surface area contributed by atoms with Crippen molar-refractivity contribution < 1.29 is 4.79 Å². The minimum Gasteiger partial charge on any atom is -0.370 e. The number of amides is 1. The van der Waals surface area contributed by atoms with Crippen LogP contribution in [0.1, 0.15) is 33.5 Å². The van der Waals surface area contributed by atoms with Crippen molar-refractivity contribution in [2.45, 2.75) is 27.2 Å². The van der Waals surface area contributed by atoms with E-state index in [1.54, 1.807) is 19.3 Å². The second-order valence-electron chi connectivity index (χ2n) is 7.26. The monoisotopic (exact) mass is 354 g/mol. The lowest BCUT2D eigenvalue weighted by molar-refractivity contribution is 0.0947. The molecule has 6 heteroatoms. The molecule has 1 aliphatic rings. The highest BCUT2D eigenvalue weighted by molar-refractivity contribution is 5.97. The molecule has 1 fully saturated rings. The highest BCUT2D eigenvalue weighted by Gasteiger charge is 2.24. The van der Waals surface area contributed by atoms with Crippen LogP contribution in [0.15, 0.2) is 29.2 Å². The molecule has 26 heavy (non-hydrogen) atoms. The summed E-state index contributed by atoms with van der Waals surface area (Å²) in [4.78, 5) is 26.5. The van der Waals surface area contributed by atoms with Crippen LogP contribution in [0.4, 0.5) is 5.69 Å². The molecule has 1 atom stereocenters. The lowest BCUT2D eigenvalue weighted by Crippen LogP contribution is -2.32. The molecule has 0 saturated carbocycles. The molecule has 1 aromatic heterocycles. The summed E-state index contributed by atoms with van der Waals surface area (Å²) < 4.78 is 1.32. The summed E-state index contributed by atoms with van der Waals surface area (Å²) in [6.45, 7) is 8.34. The molecule has 1 saturated heterocycles. The van der Waals surface area contributed by atoms with Gasteiger partial charge < -0.3 is 10.2 Å². The maximum Gasteiger partial charge on any atom is 0.268 e. The Labute approximate surface area is 153 Å². The molecule has 0 unspecified atom stereocenters. The molecule has 2 heterocycles. The van der Waals surface area contributed by atoms with E-state index in [2.05, 4.69) is 15.3 Å². The standard InChI is InChI=1S/C20H26N4O2/c1-13-7-14(2)19(15(3)8-13)20(26)21-10-16-5-6-24(12-16)17-9-18(25)23(4)22-11-17/h7-9,11,16H,5-6,10,12H2,1-4H3,(H,21,26)/t16-/m0/s1. The summed E-state index contributed by atoms with van der Waals surface area (Å²) in [5.41, 5.74) is 4.72. The molecule has 6 nitrogen and oxygen atoms in total. The smallest absolute Gasteiger partial charge is 0.268 e. The Balaban J connectivity index is 1.60. The highest BCUT2D eigenvalue weighted by Crippen LogP contribution is 2.22. The van der Waals surface area contributed by atoms with Crippen LogP contribution in [0.5, 0.6) is 0 Å². The Morgan fingerprint density at radius 2 is 1.92 bits per heavy atom. The Hall–Kier alpha value is -2.63. The first kappa shape index (κ1) is 18.2. The molecule has 1 aliphatic heterocycles. The largest absolute Gasteiger partial charge is 0.370 e. The minimum absolute atomic E-state index is 0.00584. The van der Waals surface area contributed by atoms with Gasteiger partial charge in [0.1, 0.15) is 0 Å². The van der Waals surface area contributed by atoms with Crippen LogP contribution in [-0.2, 0) is 7.05 Å². The number of carbonyl (C=O) groups excluding carboxylic acids is 1. The van der Waals surface area contributed by atoms with Crippen LogP contribution < -0.4 is 15.8 Å². The predicted molar refractivity (Wildman–Crippen MR) is 103 cm³/mol. The van der Waals surface area contributed by atoms with Crippen molar-refractivity contribution in [3.8, 4) is 0 Å². The number of hydrogen-bond donors (Lipinski definition) is 1. The van der Waals surface area contributed by atoms with Crippen LogP contribution in [0, 0.1) is 26.7 Å². The van der Waals surface area contributed by atoms with Gasteiger partial charge in [-0.05, 0) is 44.2 Å². The maximum atomic E-state index is 12.6. The molecule has 0 radical (unpaired) electrons. The maximum absolute atomic E-state index is 12.6. The number of aryl methyl sites for hydroxylation is 4. The fraction of sp³-hybridized carbons (Fsp3) is 0.450. The molecule has 0 bridgehead atoms. The van der Waals surface area contributed by atoms with E-state index in [0.29, 0.717) is 12.5 Å². The van der Waals surface area contributed by atoms with Gasteiger partial charge in [0.2, 0.25) is 0 Å². The fourth-order valence-corrected chi connectivity index (χ4v) is 3.73. The lowest BCUT2D eigenvalue weighted by atomic mass is 9.99. The van der Waals surface area contributed by atoms with Gasteiger partial charge in [-0.2, -0.15) is 5.10 Å². The van der Waals surface area contributed by atoms with Gasteiger partial charge in [-0.1, -0.05) is 17.7 Å². The van der Waals surface area contributed by atoms with Crippen LogP contribution in [0.2, 0.25) is 0 Å². The van der Waals surface area contributed by atoms with Gasteiger partial charge in [-0.3, -0.25) is 9.59 Å². The average Bonchev–Trinajstić information content (AvgIpc) is 3.03. The van der Waals surface area contributed by atoms with Crippen molar-refractivity contribution in [1.29, 1.82) is 0 Å². The molecule has 1 N–H and O–H groups in total. The van der Waals surface area contributed by atoms with Crippen LogP contribution in [0.3, 0.4) is 0 Å². The summed E-state index contributed by atoms with van der Waals surface area (Å²) in [6.07, 6.45) is 2.71. The fourth-order valence-electron chi connectivity index (χ4n) is 3.73. The van der Waals surface area contributed by atoms with Gasteiger partial charge in [0.05, 0.1) is 11.9 Å². The van der Waals surface area contributed by atoms with Gasteiger partial charge in [-0.25, -0.2) is 4.68 Å². The Morgan fingerprint density at radius 3 is 2.58 bits per heavy atom. The zero-order valence-electron chi connectivity index (χ0n) is 15.9. The van der Waals surface area contributed by atoms with E-state index in [1.807, 2.05) is 32.9 Å². The van der Waals surface area contributed by atoms with Crippen molar-refractivity contribution in [3.63, 3.8) is 0 Å². The normalized spacial score (nSPS) is 16.8. The van der Waals surface area contributed by atoms with Crippen LogP contribution >= 0.6 is 0 Å². The number of carbonyl (C=O) groups is 1. The van der Waals surface area contributed by atoms with E-state index in [1.165, 1.54) is 10.2 Å². The second kappa shape index (κ2) is 7.32. The summed E-state index contributed by atoms with van der Waals surface area (Å²) in [7, 11) is 1.64. The molecule has 3 rings (SSSR count). The third-order valence-corrected chi connectivity index (χ3v) is 5.06. The van der Waals surface area contributed by atoms with E-state index in [4.69, 9.17) is 0 Å². The number of rotatable bonds is 4. The number of nitrogens with zero attached hydrogens (tertiary/aromatic N) is 3. The zero-order chi connectivity index (χ0) is 18.8. The highest BCUT2D eigenvalue weighted by atomic mass is 16.1. The van der Waals surface area contributed by atoms with Crippen LogP contribution in [-0.4, -0.2) is 35.3 Å². The third kappa shape index (κ3) is 3.79. The van der Waals surface area contributed by atoms with Crippen LogP contribution in [0.25, 0.3) is 0 Å². The zero-order valence-corrected chi connectivity index (χ0v) is 15.9. The van der Waals surface area contributed by atoms with Crippen molar-refractivity contribution in [1.82, 2.24) is 15.1 Å². The van der Waals surface area contributed by atoms with E-state index >= 15 is 0 Å². The third-order valence-electron chi connectivity index (χ3n) is 5.06. The van der Waals surface area contributed by atoms with Gasteiger partial charge in [0.25, 0.3) is 11.5 Å². The van der Waals surface area contributed by atoms with Crippen molar-refractivity contribution in [2.75, 3.05) is 24.5 Å². The Morgan fingerprint density at radius 1 is 1.23 bits per heavy atom. The van der Waals surface area contributed by atoms with Gasteiger partial charge in [-0.15, -0.1) is 0 Å². The molecule has 0 aliphatic carbocycles. The molecule has 138 valence electrons. The number of anilines is 1. The number of hydrogen-bond acceptors (Lipinski definition) is 4. The number of benzene rings is 1. The molecule has 2 aromatic rings. The molecule has 1 amide bonds. The lowest BCUT2D eigenvalue weighted by Gasteiger charge is -2.18. The quantitative estimate of drug-likeness (QED) is 0.911. The summed E-state index contributed by atoms with van der Waals surface area (Å²) in [5, 5.41) is 7.17. The topological polar surface area (TPSA) is 67.2 Å². The molecule has 0 spiro atoms. The van der Waals surface area contributed by atoms with Gasteiger partial charge >= 0.3 is 0 Å². The first-order chi connectivity index (χ1) is 12.3. The first-order valence-corrected chi connectivity index (χ1v) is 8.99. The van der Waals surface area contributed by atoms with E-state index in [-0.39, 0.29) is 11.5 Å². The van der Waals surface area contributed by atoms with Crippen molar-refractivity contribution in [3.05, 3.63) is 57.0 Å². The summed E-state index contributed by atoms with van der Waals surface area (Å²) >= 11 is 0. The Bertz CT molecular complexity index is 865. The average molecular weight is 354 g/mol. The molecule has 1 aromatic carbocycles. The minimum atomic E-state index is -0.107. The molecular weight excluding hydrogens is 328 g/mol. The van der Waals surface area contributed by atoms with Crippen molar-refractivity contribution >= 4 is 11.6 Å². The first-order valence-electron chi connectivity index (χ1n) is 8.99. The molecular formula is C20H26N4O2. The second-order valence-corrected chi connectivity index (χ2v) is 7.26. The number of aromatic nitrogens is 2. The van der Waals surface area contributed by atoms with E-state index in [0.717, 1.165) is 41.9 Å². The summed E-state index contributed by atoms with van der Waals surface area (Å²) in [6, 6.07) is 5.71. The van der Waals surface area contributed by atoms with Gasteiger partial charge in [0.15, 0.2) is 0 Å². The van der Waals surface area contributed by atoms with Crippen molar-refractivity contribution in [2.24, 2.45) is 13.0 Å². The number of nitrogens with one attached hydrogen (secondary N) is 1. The SMILES string of the molecule is Cc1cc(C)c(C(=O)NC[C@@H]2CCN(c3cnn(C)c(=O)c3)C2)c(C)c1. The van der Waals surface area contributed by atoms with E-state index in [9.17, 15) is 9.59 Å².